The van der Waals surface area contributed by atoms with Gasteiger partial charge in [0.1, 0.15) is 18.3 Å². The van der Waals surface area contributed by atoms with Crippen LogP contribution in [0, 0.1) is 0 Å². The molecule has 2 saturated heterocycles. The van der Waals surface area contributed by atoms with Crippen LogP contribution in [-0.2, 0) is 16.1 Å². The van der Waals surface area contributed by atoms with Gasteiger partial charge >= 0.3 is 0 Å². The lowest BCUT2D eigenvalue weighted by atomic mass is 9.95. The van der Waals surface area contributed by atoms with E-state index in [1.165, 1.54) is 0 Å². The van der Waals surface area contributed by atoms with E-state index in [0.717, 1.165) is 57.4 Å². The largest absolute Gasteiger partial charge is 0.467 e. The van der Waals surface area contributed by atoms with E-state index in [-0.39, 0.29) is 36.9 Å². The smallest absolute Gasteiger partial charge is 0.253 e. The Balaban J connectivity index is 1.42. The molecule has 0 aliphatic carbocycles. The summed E-state index contributed by atoms with van der Waals surface area (Å²) in [6.45, 7) is 2.52. The maximum absolute atomic E-state index is 13.4. The minimum Gasteiger partial charge on any atom is -0.467 e. The Kier molecular flexibility index (Phi) is 5.59. The number of carbonyl (C=O) groups is 3. The summed E-state index contributed by atoms with van der Waals surface area (Å²) in [6.07, 6.45) is 6.40. The van der Waals surface area contributed by atoms with Crippen molar-refractivity contribution in [1.82, 2.24) is 10.2 Å². The van der Waals surface area contributed by atoms with E-state index in [4.69, 9.17) is 4.42 Å². The lowest BCUT2D eigenvalue weighted by Gasteiger charge is -2.45. The summed E-state index contributed by atoms with van der Waals surface area (Å²) in [5.74, 6) is 0.304. The van der Waals surface area contributed by atoms with Crippen LogP contribution in [0.4, 0.5) is 11.4 Å². The number of fused-ring (bicyclic) bond motifs is 3. The Hall–Kier alpha value is -3.29. The number of hydrogen-bond donors (Lipinski definition) is 1. The Bertz CT molecular complexity index is 1010. The van der Waals surface area contributed by atoms with Crippen molar-refractivity contribution in [2.75, 3.05) is 36.0 Å². The van der Waals surface area contributed by atoms with Crippen LogP contribution in [0.15, 0.2) is 41.0 Å². The van der Waals surface area contributed by atoms with Crippen molar-refractivity contribution in [3.63, 3.8) is 0 Å². The number of rotatable bonds is 5. The van der Waals surface area contributed by atoms with Gasteiger partial charge in [0.25, 0.3) is 5.91 Å². The molecule has 3 aliphatic rings. The lowest BCUT2D eigenvalue weighted by molar-refractivity contribution is -0.125. The predicted molar refractivity (Wildman–Crippen MR) is 119 cm³/mol. The zero-order chi connectivity index (χ0) is 22.1. The number of benzene rings is 1. The van der Waals surface area contributed by atoms with Crippen molar-refractivity contribution in [1.29, 1.82) is 0 Å². The van der Waals surface area contributed by atoms with E-state index in [1.54, 1.807) is 29.4 Å². The molecule has 0 spiro atoms. The highest BCUT2D eigenvalue weighted by Gasteiger charge is 2.40. The third-order valence-electron chi connectivity index (χ3n) is 6.61. The van der Waals surface area contributed by atoms with Crippen LogP contribution in [0.25, 0.3) is 0 Å². The summed E-state index contributed by atoms with van der Waals surface area (Å²) >= 11 is 0. The van der Waals surface area contributed by atoms with Gasteiger partial charge in [0.05, 0.1) is 24.2 Å². The summed E-state index contributed by atoms with van der Waals surface area (Å²) in [5.41, 5.74) is 2.13. The molecule has 4 heterocycles. The fourth-order valence-electron chi connectivity index (χ4n) is 4.96. The van der Waals surface area contributed by atoms with E-state index in [2.05, 4.69) is 10.2 Å². The number of piperidine rings is 1. The van der Waals surface area contributed by atoms with Gasteiger partial charge in [-0.25, -0.2) is 0 Å². The van der Waals surface area contributed by atoms with Crippen LogP contribution >= 0.6 is 0 Å². The second-order valence-corrected chi connectivity index (χ2v) is 8.69. The highest BCUT2D eigenvalue weighted by Crippen LogP contribution is 2.40. The monoisotopic (exact) mass is 436 g/mol. The molecular weight excluding hydrogens is 408 g/mol. The summed E-state index contributed by atoms with van der Waals surface area (Å²) in [6, 6.07) is 8.89. The predicted octanol–water partition coefficient (Wildman–Crippen LogP) is 2.54. The van der Waals surface area contributed by atoms with Gasteiger partial charge < -0.3 is 19.5 Å². The Morgan fingerprint density at radius 1 is 1.03 bits per heavy atom. The number of anilines is 2. The number of furan rings is 1. The van der Waals surface area contributed by atoms with E-state index in [0.29, 0.717) is 17.0 Å². The van der Waals surface area contributed by atoms with Gasteiger partial charge in [0.15, 0.2) is 0 Å². The van der Waals surface area contributed by atoms with Crippen LogP contribution in [0.3, 0.4) is 0 Å². The molecular formula is C24H28N4O4. The first-order valence-corrected chi connectivity index (χ1v) is 11.4. The van der Waals surface area contributed by atoms with Gasteiger partial charge in [-0.2, -0.15) is 0 Å². The molecule has 1 aromatic carbocycles. The van der Waals surface area contributed by atoms with Crippen LogP contribution in [0.1, 0.15) is 48.2 Å². The molecule has 2 aromatic rings. The molecule has 1 atom stereocenters. The average molecular weight is 437 g/mol. The number of amides is 3. The third-order valence-corrected chi connectivity index (χ3v) is 6.61. The number of carbonyl (C=O) groups excluding carboxylic acids is 3. The van der Waals surface area contributed by atoms with Gasteiger partial charge in [0.2, 0.25) is 11.8 Å². The van der Waals surface area contributed by atoms with Gasteiger partial charge in [-0.3, -0.25) is 19.3 Å². The van der Waals surface area contributed by atoms with Crippen LogP contribution in [0.5, 0.6) is 0 Å². The molecule has 5 rings (SSSR count). The average Bonchev–Trinajstić information content (AvgIpc) is 3.54. The molecule has 8 nitrogen and oxygen atoms in total. The van der Waals surface area contributed by atoms with Gasteiger partial charge in [-0.1, -0.05) is 0 Å². The Labute approximate surface area is 187 Å². The van der Waals surface area contributed by atoms with Crippen molar-refractivity contribution >= 4 is 29.1 Å². The molecule has 32 heavy (non-hydrogen) atoms. The van der Waals surface area contributed by atoms with Crippen molar-refractivity contribution in [2.24, 2.45) is 0 Å². The van der Waals surface area contributed by atoms with E-state index in [1.807, 2.05) is 17.0 Å². The molecule has 3 amide bonds. The van der Waals surface area contributed by atoms with Gasteiger partial charge in [-0.05, 0) is 62.4 Å². The number of likely N-dealkylation sites (tertiary alicyclic amines) is 1. The normalized spacial score (nSPS) is 20.2. The summed E-state index contributed by atoms with van der Waals surface area (Å²) in [7, 11) is 0. The molecule has 168 valence electrons. The molecule has 3 aliphatic heterocycles. The summed E-state index contributed by atoms with van der Waals surface area (Å²) in [4.78, 5) is 44.7. The highest BCUT2D eigenvalue weighted by atomic mass is 16.3. The second kappa shape index (κ2) is 8.68. The fourth-order valence-corrected chi connectivity index (χ4v) is 4.96. The van der Waals surface area contributed by atoms with Gasteiger partial charge in [0, 0.05) is 25.2 Å². The van der Waals surface area contributed by atoms with Crippen molar-refractivity contribution in [3.05, 3.63) is 47.9 Å². The number of hydrogen-bond acceptors (Lipinski definition) is 5. The highest BCUT2D eigenvalue weighted by molar-refractivity contribution is 6.09. The quantitative estimate of drug-likeness (QED) is 0.779. The minimum atomic E-state index is -0.263. The van der Waals surface area contributed by atoms with Crippen molar-refractivity contribution in [2.45, 2.75) is 44.7 Å². The second-order valence-electron chi connectivity index (χ2n) is 8.69. The molecule has 0 bridgehead atoms. The molecule has 0 radical (unpaired) electrons. The fraction of sp³-hybridized carbons (Fsp3) is 0.458. The molecule has 2 fully saturated rings. The SMILES string of the molecule is O=C(CN1C(=O)[C@@H]2CCCCN2c2ccc(C(=O)N3CCCC3)cc21)NCc1ccco1. The van der Waals surface area contributed by atoms with Crippen LogP contribution in [-0.4, -0.2) is 54.8 Å². The maximum Gasteiger partial charge on any atom is 0.253 e. The van der Waals surface area contributed by atoms with E-state index < -0.39 is 0 Å². The minimum absolute atomic E-state index is 0.0132. The standard InChI is InChI=1S/C24H28N4O4/c29-22(25-15-18-6-5-13-32-18)16-28-21-14-17(23(30)26-10-3-4-11-26)8-9-19(21)27-12-2-1-7-20(27)24(28)31/h5-6,8-9,13-14,20H,1-4,7,10-12,15-16H2,(H,25,29)/t20-/m0/s1. The summed E-state index contributed by atoms with van der Waals surface area (Å²) in [5, 5.41) is 2.82. The molecule has 8 heteroatoms. The number of nitrogens with zero attached hydrogens (tertiary/aromatic N) is 3. The van der Waals surface area contributed by atoms with Crippen molar-refractivity contribution < 1.29 is 18.8 Å². The van der Waals surface area contributed by atoms with Crippen LogP contribution in [0.2, 0.25) is 0 Å². The molecule has 1 aromatic heterocycles. The lowest BCUT2D eigenvalue weighted by Crippen LogP contribution is -2.57. The number of nitrogens with one attached hydrogen (secondary N) is 1. The zero-order valence-corrected chi connectivity index (χ0v) is 18.1. The molecule has 0 unspecified atom stereocenters. The zero-order valence-electron chi connectivity index (χ0n) is 18.1. The third kappa shape index (κ3) is 3.85. The van der Waals surface area contributed by atoms with E-state index in [9.17, 15) is 14.4 Å². The first-order chi connectivity index (χ1) is 15.6. The van der Waals surface area contributed by atoms with Gasteiger partial charge in [-0.15, -0.1) is 0 Å². The topological polar surface area (TPSA) is 86.1 Å². The maximum atomic E-state index is 13.4. The van der Waals surface area contributed by atoms with E-state index >= 15 is 0 Å². The first-order valence-electron chi connectivity index (χ1n) is 11.4. The summed E-state index contributed by atoms with van der Waals surface area (Å²) < 4.78 is 5.27. The Morgan fingerprint density at radius 2 is 1.84 bits per heavy atom. The molecule has 1 N–H and O–H groups in total. The Morgan fingerprint density at radius 3 is 2.62 bits per heavy atom. The molecule has 0 saturated carbocycles. The van der Waals surface area contributed by atoms with Crippen LogP contribution < -0.4 is 15.1 Å². The van der Waals surface area contributed by atoms with Crippen molar-refractivity contribution in [3.8, 4) is 0 Å². The first kappa shape index (κ1) is 20.6.